The fourth-order valence-electron chi connectivity index (χ4n) is 2.66. The number of amides is 1. The summed E-state index contributed by atoms with van der Waals surface area (Å²) in [6, 6.07) is 6.13. The van der Waals surface area contributed by atoms with Crippen LogP contribution in [0.2, 0.25) is 0 Å². The number of carbonyl (C=O) groups is 2. The van der Waals surface area contributed by atoms with E-state index in [0.29, 0.717) is 13.1 Å². The highest BCUT2D eigenvalue weighted by atomic mass is 32.2. The van der Waals surface area contributed by atoms with Crippen LogP contribution in [0.1, 0.15) is 25.0 Å². The lowest BCUT2D eigenvalue weighted by molar-refractivity contribution is -0.155. The summed E-state index contributed by atoms with van der Waals surface area (Å²) in [7, 11) is 0. The summed E-state index contributed by atoms with van der Waals surface area (Å²) < 4.78 is 10.7. The summed E-state index contributed by atoms with van der Waals surface area (Å²) >= 11 is 1.44. The first-order chi connectivity index (χ1) is 11.3. The summed E-state index contributed by atoms with van der Waals surface area (Å²) in [5.74, 6) is -0.335. The molecule has 1 aliphatic heterocycles. The van der Waals surface area contributed by atoms with Crippen LogP contribution in [-0.4, -0.2) is 54.4 Å². The van der Waals surface area contributed by atoms with E-state index in [4.69, 9.17) is 9.47 Å². The predicted octanol–water partition coefficient (Wildman–Crippen LogP) is 2.57. The van der Waals surface area contributed by atoms with Gasteiger partial charge in [0.1, 0.15) is 0 Å². The number of ether oxygens (including phenoxy) is 2. The molecule has 0 aromatic heterocycles. The molecule has 1 amide bonds. The summed E-state index contributed by atoms with van der Waals surface area (Å²) in [6.07, 6.45) is 0.0153. The molecule has 0 N–H and O–H groups in total. The van der Waals surface area contributed by atoms with Crippen LogP contribution in [0.5, 0.6) is 0 Å². The van der Waals surface area contributed by atoms with Gasteiger partial charge in [0, 0.05) is 18.0 Å². The second-order valence-corrected chi connectivity index (χ2v) is 7.29. The third kappa shape index (κ3) is 5.53. The molecular formula is C18H25NO4S. The van der Waals surface area contributed by atoms with Crippen molar-refractivity contribution < 1.29 is 19.1 Å². The summed E-state index contributed by atoms with van der Waals surface area (Å²) in [6.45, 7) is 8.77. The van der Waals surface area contributed by atoms with Gasteiger partial charge in [0.2, 0.25) is 0 Å². The molecule has 24 heavy (non-hydrogen) atoms. The van der Waals surface area contributed by atoms with Gasteiger partial charge in [-0.1, -0.05) is 17.7 Å². The number of benzene rings is 1. The number of carbonyl (C=O) groups excluding carboxylic acids is 2. The number of thioether (sulfide) groups is 1. The maximum Gasteiger partial charge on any atom is 0.316 e. The molecule has 0 bridgehead atoms. The quantitative estimate of drug-likeness (QED) is 0.603. The third-order valence-electron chi connectivity index (χ3n) is 3.82. The van der Waals surface area contributed by atoms with Crippen molar-refractivity contribution in [1.82, 2.24) is 4.90 Å². The monoisotopic (exact) mass is 351 g/mol. The molecule has 1 saturated heterocycles. The number of hydrogen-bond donors (Lipinski definition) is 0. The maximum atomic E-state index is 12.2. The van der Waals surface area contributed by atoms with Crippen molar-refractivity contribution in [2.45, 2.75) is 44.8 Å². The molecule has 1 aliphatic rings. The standard InChI is InChI=1S/C18H25NO4S/c1-12-5-6-13(2)16(7-12)24-11-18(21)22-10-17(20)19-8-14(3)23-15(4)9-19/h5-7,14-15H,8-11H2,1-4H3/t14-,15-/m1/s1. The Morgan fingerprint density at radius 3 is 2.58 bits per heavy atom. The van der Waals surface area contributed by atoms with E-state index in [2.05, 4.69) is 6.07 Å². The average molecular weight is 351 g/mol. The molecular weight excluding hydrogens is 326 g/mol. The van der Waals surface area contributed by atoms with Crippen molar-refractivity contribution in [2.75, 3.05) is 25.4 Å². The van der Waals surface area contributed by atoms with Crippen molar-refractivity contribution >= 4 is 23.6 Å². The number of nitrogens with zero attached hydrogens (tertiary/aromatic N) is 1. The molecule has 6 heteroatoms. The smallest absolute Gasteiger partial charge is 0.316 e. The minimum absolute atomic E-state index is 0.00764. The van der Waals surface area contributed by atoms with Gasteiger partial charge in [0.05, 0.1) is 18.0 Å². The van der Waals surface area contributed by atoms with E-state index in [1.165, 1.54) is 11.8 Å². The van der Waals surface area contributed by atoms with E-state index in [1.54, 1.807) is 4.90 Å². The van der Waals surface area contributed by atoms with Crippen molar-refractivity contribution in [3.8, 4) is 0 Å². The Balaban J connectivity index is 1.76. The maximum absolute atomic E-state index is 12.2. The van der Waals surface area contributed by atoms with E-state index in [1.807, 2.05) is 39.8 Å². The molecule has 0 saturated carbocycles. The molecule has 1 fully saturated rings. The lowest BCUT2D eigenvalue weighted by atomic mass is 10.2. The molecule has 5 nitrogen and oxygen atoms in total. The average Bonchev–Trinajstić information content (AvgIpc) is 2.52. The fraction of sp³-hybridized carbons (Fsp3) is 0.556. The highest BCUT2D eigenvalue weighted by molar-refractivity contribution is 8.00. The van der Waals surface area contributed by atoms with Gasteiger partial charge in [-0.3, -0.25) is 9.59 Å². The summed E-state index contributed by atoms with van der Waals surface area (Å²) in [4.78, 5) is 26.8. The predicted molar refractivity (Wildman–Crippen MR) is 94.2 cm³/mol. The van der Waals surface area contributed by atoms with Gasteiger partial charge < -0.3 is 14.4 Å². The Hall–Kier alpha value is -1.53. The molecule has 0 spiro atoms. The highest BCUT2D eigenvalue weighted by Crippen LogP contribution is 2.23. The zero-order valence-electron chi connectivity index (χ0n) is 14.7. The number of hydrogen-bond acceptors (Lipinski definition) is 5. The molecule has 0 aliphatic carbocycles. The second-order valence-electron chi connectivity index (χ2n) is 6.27. The van der Waals surface area contributed by atoms with Crippen LogP contribution in [0, 0.1) is 13.8 Å². The third-order valence-corrected chi connectivity index (χ3v) is 4.95. The van der Waals surface area contributed by atoms with Crippen LogP contribution < -0.4 is 0 Å². The second kappa shape index (κ2) is 8.53. The van der Waals surface area contributed by atoms with Crippen LogP contribution in [0.3, 0.4) is 0 Å². The Kier molecular flexibility index (Phi) is 6.69. The van der Waals surface area contributed by atoms with Gasteiger partial charge in [0.25, 0.3) is 5.91 Å². The number of morpholine rings is 1. The summed E-state index contributed by atoms with van der Waals surface area (Å²) in [5.41, 5.74) is 2.29. The van der Waals surface area contributed by atoms with E-state index in [-0.39, 0.29) is 36.4 Å². The fourth-order valence-corrected chi connectivity index (χ4v) is 3.58. The molecule has 2 atom stereocenters. The van der Waals surface area contributed by atoms with Crippen LogP contribution in [-0.2, 0) is 19.1 Å². The van der Waals surface area contributed by atoms with Gasteiger partial charge in [0.15, 0.2) is 6.61 Å². The Morgan fingerprint density at radius 2 is 1.92 bits per heavy atom. The minimum atomic E-state index is -0.372. The number of rotatable bonds is 5. The largest absolute Gasteiger partial charge is 0.455 e. The van der Waals surface area contributed by atoms with Crippen LogP contribution in [0.15, 0.2) is 23.1 Å². The zero-order valence-corrected chi connectivity index (χ0v) is 15.5. The molecule has 132 valence electrons. The van der Waals surface area contributed by atoms with E-state index in [9.17, 15) is 9.59 Å². The normalized spacial score (nSPS) is 20.8. The lowest BCUT2D eigenvalue weighted by Crippen LogP contribution is -2.49. The van der Waals surface area contributed by atoms with Crippen molar-refractivity contribution in [3.05, 3.63) is 29.3 Å². The van der Waals surface area contributed by atoms with Crippen LogP contribution >= 0.6 is 11.8 Å². The first-order valence-electron chi connectivity index (χ1n) is 8.14. The van der Waals surface area contributed by atoms with Crippen LogP contribution in [0.25, 0.3) is 0 Å². The first kappa shape index (κ1) is 18.8. The van der Waals surface area contributed by atoms with Gasteiger partial charge in [-0.2, -0.15) is 0 Å². The van der Waals surface area contributed by atoms with Crippen molar-refractivity contribution in [1.29, 1.82) is 0 Å². The summed E-state index contributed by atoms with van der Waals surface area (Å²) in [5, 5.41) is 0. The zero-order chi connectivity index (χ0) is 17.7. The lowest BCUT2D eigenvalue weighted by Gasteiger charge is -2.35. The Labute approximate surface area is 147 Å². The SMILES string of the molecule is Cc1ccc(C)c(SCC(=O)OCC(=O)N2C[C@@H](C)O[C@H](C)C2)c1. The topological polar surface area (TPSA) is 55.8 Å². The van der Waals surface area contributed by atoms with E-state index < -0.39 is 0 Å². The Morgan fingerprint density at radius 1 is 1.25 bits per heavy atom. The van der Waals surface area contributed by atoms with Crippen LogP contribution in [0.4, 0.5) is 0 Å². The first-order valence-corrected chi connectivity index (χ1v) is 9.12. The van der Waals surface area contributed by atoms with Gasteiger partial charge in [-0.05, 0) is 39.3 Å². The van der Waals surface area contributed by atoms with E-state index >= 15 is 0 Å². The molecule has 2 rings (SSSR count). The number of aryl methyl sites for hydroxylation is 2. The molecule has 1 heterocycles. The molecule has 0 unspecified atom stereocenters. The Bertz CT molecular complexity index is 595. The van der Waals surface area contributed by atoms with Gasteiger partial charge in [-0.15, -0.1) is 11.8 Å². The molecule has 1 aromatic carbocycles. The van der Waals surface area contributed by atoms with Crippen molar-refractivity contribution in [3.63, 3.8) is 0 Å². The minimum Gasteiger partial charge on any atom is -0.455 e. The van der Waals surface area contributed by atoms with E-state index in [0.717, 1.165) is 16.0 Å². The highest BCUT2D eigenvalue weighted by Gasteiger charge is 2.26. The number of esters is 1. The molecule has 1 aromatic rings. The van der Waals surface area contributed by atoms with Crippen molar-refractivity contribution in [2.24, 2.45) is 0 Å². The van der Waals surface area contributed by atoms with Gasteiger partial charge >= 0.3 is 5.97 Å². The van der Waals surface area contributed by atoms with Gasteiger partial charge in [-0.25, -0.2) is 0 Å². The molecule has 0 radical (unpaired) electrons.